The molecule has 4 nitrogen and oxygen atoms in total. The number of aliphatic hydroxyl groups is 2. The van der Waals surface area contributed by atoms with Crippen molar-refractivity contribution < 1.29 is 30.6 Å². The van der Waals surface area contributed by atoms with Crippen molar-refractivity contribution in [2.24, 2.45) is 0 Å². The van der Waals surface area contributed by atoms with Gasteiger partial charge in [-0.25, -0.2) is 4.98 Å². The number of nitrogens with one attached hydrogen (secondary N) is 1. The standard InChI is InChI=1S/C3H4N2.2C2H6O.Re/c1-2-5-3-4-1;2*1-2-3;/h1-3H,(H,4,5);2*3H,2H2,1H3;. The second kappa shape index (κ2) is 22.4. The van der Waals surface area contributed by atoms with Crippen molar-refractivity contribution in [2.75, 3.05) is 13.2 Å². The minimum absolute atomic E-state index is 0. The molecule has 0 aliphatic heterocycles. The maximum Gasteiger partial charge on any atom is 0.0919 e. The van der Waals surface area contributed by atoms with Crippen molar-refractivity contribution in [3.05, 3.63) is 18.7 Å². The normalized spacial score (nSPS) is 6.33. The molecule has 3 N–H and O–H groups in total. The molecule has 0 fully saturated rings. The fourth-order valence-electron chi connectivity index (χ4n) is 0.215. The van der Waals surface area contributed by atoms with E-state index in [2.05, 4.69) is 9.97 Å². The van der Waals surface area contributed by atoms with E-state index < -0.39 is 0 Å². The number of hydrogen-bond donors (Lipinski definition) is 3. The molecule has 1 rings (SSSR count). The third-order valence-corrected chi connectivity index (χ3v) is 0.406. The molecule has 0 saturated heterocycles. The molecular weight excluding hydrogens is 330 g/mol. The van der Waals surface area contributed by atoms with Crippen LogP contribution in [-0.2, 0) is 20.4 Å². The molecule has 0 unspecified atom stereocenters. The van der Waals surface area contributed by atoms with Crippen LogP contribution in [0.25, 0.3) is 0 Å². The molecule has 0 saturated carbocycles. The average molecular weight is 346 g/mol. The van der Waals surface area contributed by atoms with E-state index in [1.165, 1.54) is 0 Å². The summed E-state index contributed by atoms with van der Waals surface area (Å²) in [4.78, 5) is 6.42. The molecule has 1 aromatic heterocycles. The fourth-order valence-corrected chi connectivity index (χ4v) is 0.215. The molecule has 5 heteroatoms. The van der Waals surface area contributed by atoms with Crippen LogP contribution in [0.5, 0.6) is 0 Å². The maximum absolute atomic E-state index is 7.57. The summed E-state index contributed by atoms with van der Waals surface area (Å²) in [6.07, 6.45) is 5.08. The SMILES string of the molecule is CCO.CCO.[Re].c1c[nH]cn1. The Hall–Kier alpha value is -0.208. The summed E-state index contributed by atoms with van der Waals surface area (Å²) in [5.74, 6) is 0. The molecule has 0 spiro atoms. The van der Waals surface area contributed by atoms with Crippen molar-refractivity contribution >= 4 is 0 Å². The molecule has 0 bridgehead atoms. The van der Waals surface area contributed by atoms with Crippen molar-refractivity contribution in [2.45, 2.75) is 13.8 Å². The summed E-state index contributed by atoms with van der Waals surface area (Å²) in [6.45, 7) is 3.86. The van der Waals surface area contributed by atoms with Crippen LogP contribution in [0.2, 0.25) is 0 Å². The van der Waals surface area contributed by atoms with Crippen molar-refractivity contribution in [1.82, 2.24) is 9.97 Å². The first-order valence-corrected chi connectivity index (χ1v) is 3.47. The van der Waals surface area contributed by atoms with Gasteiger partial charge in [0.1, 0.15) is 0 Å². The molecule has 0 amide bonds. The number of aromatic amines is 1. The Morgan fingerprint density at radius 2 is 1.67 bits per heavy atom. The third kappa shape index (κ3) is 33.0. The summed E-state index contributed by atoms with van der Waals surface area (Å²) in [5.41, 5.74) is 0. The van der Waals surface area contributed by atoms with E-state index >= 15 is 0 Å². The van der Waals surface area contributed by atoms with Crippen LogP contribution in [0.4, 0.5) is 0 Å². The zero-order valence-corrected chi connectivity index (χ0v) is 10.1. The molecule has 0 atom stereocenters. The average Bonchev–Trinajstić information content (AvgIpc) is 2.44. The summed E-state index contributed by atoms with van der Waals surface area (Å²) < 4.78 is 0. The van der Waals surface area contributed by atoms with Crippen molar-refractivity contribution in [1.29, 1.82) is 0 Å². The zero-order chi connectivity index (χ0) is 8.95. The number of rotatable bonds is 0. The number of hydrogen-bond acceptors (Lipinski definition) is 3. The first kappa shape index (κ1) is 17.8. The van der Waals surface area contributed by atoms with Crippen LogP contribution in [0.3, 0.4) is 0 Å². The first-order valence-electron chi connectivity index (χ1n) is 3.47. The van der Waals surface area contributed by atoms with Gasteiger partial charge in [-0.1, -0.05) is 0 Å². The van der Waals surface area contributed by atoms with E-state index in [1.54, 1.807) is 32.6 Å². The van der Waals surface area contributed by atoms with E-state index in [0.29, 0.717) is 0 Å². The fraction of sp³-hybridized carbons (Fsp3) is 0.571. The summed E-state index contributed by atoms with van der Waals surface area (Å²) in [5, 5.41) is 15.1. The zero-order valence-electron chi connectivity index (χ0n) is 7.37. The predicted molar refractivity (Wildman–Crippen MR) is 44.1 cm³/mol. The van der Waals surface area contributed by atoms with Crippen LogP contribution in [0, 0.1) is 0 Å². The monoisotopic (exact) mass is 347 g/mol. The van der Waals surface area contributed by atoms with Gasteiger partial charge >= 0.3 is 0 Å². The van der Waals surface area contributed by atoms with Crippen LogP contribution in [-0.4, -0.2) is 33.4 Å². The van der Waals surface area contributed by atoms with Gasteiger partial charge in [0.05, 0.1) is 6.33 Å². The number of nitrogens with zero attached hydrogens (tertiary/aromatic N) is 1. The van der Waals surface area contributed by atoms with Gasteiger partial charge in [0.15, 0.2) is 0 Å². The molecule has 0 aliphatic carbocycles. The molecule has 1 aromatic rings. The van der Waals surface area contributed by atoms with Gasteiger partial charge < -0.3 is 15.2 Å². The number of aliphatic hydroxyl groups excluding tert-OH is 2. The van der Waals surface area contributed by atoms with E-state index in [-0.39, 0.29) is 33.6 Å². The maximum atomic E-state index is 7.57. The molecule has 0 aliphatic rings. The van der Waals surface area contributed by atoms with E-state index in [4.69, 9.17) is 10.2 Å². The largest absolute Gasteiger partial charge is 0.397 e. The molecule has 1 heterocycles. The Balaban J connectivity index is -0.000000104. The number of H-pyrrole nitrogens is 1. The van der Waals surface area contributed by atoms with Crippen LogP contribution in [0.15, 0.2) is 18.7 Å². The predicted octanol–water partition coefficient (Wildman–Crippen LogP) is 0.404. The van der Waals surface area contributed by atoms with Crippen LogP contribution >= 0.6 is 0 Å². The van der Waals surface area contributed by atoms with E-state index in [1.807, 2.05) is 0 Å². The van der Waals surface area contributed by atoms with Crippen LogP contribution in [0.1, 0.15) is 13.8 Å². The minimum Gasteiger partial charge on any atom is -0.397 e. The molecule has 12 heavy (non-hydrogen) atoms. The second-order valence-electron chi connectivity index (χ2n) is 1.39. The summed E-state index contributed by atoms with van der Waals surface area (Å²) >= 11 is 0. The van der Waals surface area contributed by atoms with Gasteiger partial charge in [0.2, 0.25) is 0 Å². The minimum atomic E-state index is 0. The molecular formula is C7H16N2O2Re. The Morgan fingerprint density at radius 3 is 1.75 bits per heavy atom. The second-order valence-corrected chi connectivity index (χ2v) is 1.39. The quantitative estimate of drug-likeness (QED) is 0.637. The topological polar surface area (TPSA) is 69.1 Å². The van der Waals surface area contributed by atoms with Gasteiger partial charge in [0, 0.05) is 46.0 Å². The van der Waals surface area contributed by atoms with E-state index in [9.17, 15) is 0 Å². The Bertz CT molecular complexity index is 94.9. The van der Waals surface area contributed by atoms with Crippen LogP contribution < -0.4 is 0 Å². The molecule has 0 aromatic carbocycles. The molecule has 1 radical (unpaired) electrons. The Labute approximate surface area is 86.7 Å². The Kier molecular flexibility index (Phi) is 33.2. The van der Waals surface area contributed by atoms with Gasteiger partial charge in [-0.2, -0.15) is 0 Å². The number of imidazole rings is 1. The first-order chi connectivity index (χ1) is 5.33. The third-order valence-electron chi connectivity index (χ3n) is 0.406. The van der Waals surface area contributed by atoms with Gasteiger partial charge in [-0.05, 0) is 13.8 Å². The van der Waals surface area contributed by atoms with Gasteiger partial charge in [-0.15, -0.1) is 0 Å². The smallest absolute Gasteiger partial charge is 0.0919 e. The number of aromatic nitrogens is 2. The van der Waals surface area contributed by atoms with Gasteiger partial charge in [-0.3, -0.25) is 0 Å². The van der Waals surface area contributed by atoms with Crippen molar-refractivity contribution in [3.8, 4) is 0 Å². The van der Waals surface area contributed by atoms with Crippen molar-refractivity contribution in [3.63, 3.8) is 0 Å². The summed E-state index contributed by atoms with van der Waals surface area (Å²) in [6, 6.07) is 0. The summed E-state index contributed by atoms with van der Waals surface area (Å²) in [7, 11) is 0. The Morgan fingerprint density at radius 1 is 1.25 bits per heavy atom. The van der Waals surface area contributed by atoms with E-state index in [0.717, 1.165) is 0 Å². The van der Waals surface area contributed by atoms with Gasteiger partial charge in [0.25, 0.3) is 0 Å². The molecule has 73 valence electrons.